The number of benzene rings is 2. The minimum absolute atomic E-state index is 0.877. The molecule has 2 heteroatoms. The van der Waals surface area contributed by atoms with Crippen LogP contribution in [0.2, 0.25) is 0 Å². The van der Waals surface area contributed by atoms with Crippen LogP contribution in [0.1, 0.15) is 22.4 Å². The summed E-state index contributed by atoms with van der Waals surface area (Å²) in [6.07, 6.45) is 6.40. The van der Waals surface area contributed by atoms with Gasteiger partial charge in [-0.25, -0.2) is 4.57 Å². The van der Waals surface area contributed by atoms with E-state index in [2.05, 4.69) is 79.4 Å². The summed E-state index contributed by atoms with van der Waals surface area (Å²) in [7, 11) is 2.06. The maximum absolute atomic E-state index is 6.18. The predicted octanol–water partition coefficient (Wildman–Crippen LogP) is 4.79. The number of ether oxygens (including phenoxy) is 1. The van der Waals surface area contributed by atoms with Gasteiger partial charge >= 0.3 is 0 Å². The molecule has 25 heavy (non-hydrogen) atoms. The van der Waals surface area contributed by atoms with Crippen molar-refractivity contribution in [1.29, 1.82) is 0 Å². The maximum Gasteiger partial charge on any atom is 0.205 e. The third-order valence-electron chi connectivity index (χ3n) is 4.41. The van der Waals surface area contributed by atoms with Crippen LogP contribution in [0.4, 0.5) is 0 Å². The number of aromatic nitrogens is 1. The fourth-order valence-electron chi connectivity index (χ4n) is 3.04. The van der Waals surface area contributed by atoms with Crippen LogP contribution in [0.5, 0.6) is 5.75 Å². The topological polar surface area (TPSA) is 13.1 Å². The van der Waals surface area contributed by atoms with Gasteiger partial charge in [0.05, 0.1) is 0 Å². The molecule has 0 spiro atoms. The van der Waals surface area contributed by atoms with Gasteiger partial charge in [0.2, 0.25) is 5.69 Å². The van der Waals surface area contributed by atoms with Crippen molar-refractivity contribution >= 4 is 17.4 Å². The van der Waals surface area contributed by atoms with Gasteiger partial charge in [-0.3, -0.25) is 0 Å². The van der Waals surface area contributed by atoms with Crippen LogP contribution < -0.4 is 9.30 Å². The summed E-state index contributed by atoms with van der Waals surface area (Å²) in [6.45, 7) is 2.11. The molecule has 0 N–H and O–H groups in total. The van der Waals surface area contributed by atoms with Crippen molar-refractivity contribution in [3.63, 3.8) is 0 Å². The van der Waals surface area contributed by atoms with Gasteiger partial charge in [0.15, 0.2) is 6.20 Å². The second-order valence-electron chi connectivity index (χ2n) is 6.31. The first-order chi connectivity index (χ1) is 12.2. The molecule has 4 rings (SSSR count). The molecule has 1 aliphatic heterocycles. The smallest absolute Gasteiger partial charge is 0.205 e. The Hall–Kier alpha value is -3.13. The average Bonchev–Trinajstić information content (AvgIpc) is 2.64. The highest BCUT2D eigenvalue weighted by Crippen LogP contribution is 2.38. The number of allylic oxidation sites excluding steroid dienone is 2. The summed E-state index contributed by atoms with van der Waals surface area (Å²) in [5, 5.41) is 0. The fraction of sp³-hybridized carbons (Fsp3) is 0.0870. The Morgan fingerprint density at radius 2 is 1.72 bits per heavy atom. The molecule has 3 aromatic rings. The monoisotopic (exact) mass is 326 g/mol. The van der Waals surface area contributed by atoms with E-state index in [1.165, 1.54) is 5.56 Å². The lowest BCUT2D eigenvalue weighted by molar-refractivity contribution is -0.673. The molecule has 0 unspecified atom stereocenters. The molecule has 2 nitrogen and oxygen atoms in total. The van der Waals surface area contributed by atoms with Gasteiger partial charge in [0.1, 0.15) is 18.6 Å². The zero-order valence-corrected chi connectivity index (χ0v) is 14.4. The normalized spacial score (nSPS) is 14.6. The lowest BCUT2D eigenvalue weighted by Gasteiger charge is -2.21. The molecule has 1 aromatic heterocycles. The van der Waals surface area contributed by atoms with Crippen molar-refractivity contribution < 1.29 is 9.30 Å². The minimum Gasteiger partial charge on any atom is -0.456 e. The Kier molecular flexibility index (Phi) is 3.95. The summed E-state index contributed by atoms with van der Waals surface area (Å²) in [5.41, 5.74) is 5.74. The summed E-state index contributed by atoms with van der Waals surface area (Å²) in [6, 6.07) is 22.8. The van der Waals surface area contributed by atoms with Crippen molar-refractivity contribution in [3.05, 3.63) is 101 Å². The Morgan fingerprint density at radius 1 is 0.920 bits per heavy atom. The summed E-state index contributed by atoms with van der Waals surface area (Å²) in [5.74, 6) is 1.78. The molecule has 0 radical (unpaired) electrons. The molecule has 0 bridgehead atoms. The van der Waals surface area contributed by atoms with Crippen molar-refractivity contribution in [1.82, 2.24) is 0 Å². The Bertz CT molecular complexity index is 984. The Morgan fingerprint density at radius 3 is 2.52 bits per heavy atom. The van der Waals surface area contributed by atoms with E-state index in [1.54, 1.807) is 0 Å². The van der Waals surface area contributed by atoms with Gasteiger partial charge in [0, 0.05) is 29.3 Å². The largest absolute Gasteiger partial charge is 0.456 e. The van der Waals surface area contributed by atoms with E-state index in [0.717, 1.165) is 33.9 Å². The van der Waals surface area contributed by atoms with Gasteiger partial charge in [0.25, 0.3) is 0 Å². The standard InChI is InChI=1S/C23H20NO/c1-17-11-12-22-21(14-17)19(15-20-10-6-7-13-24(20)2)16-23(25-22)18-8-4-3-5-9-18/h3-16H,1-2H3/q+1/b19-15+. The Labute approximate surface area is 148 Å². The zero-order chi connectivity index (χ0) is 17.2. The number of aryl methyl sites for hydroxylation is 2. The number of hydrogen-bond acceptors (Lipinski definition) is 1. The molecular weight excluding hydrogens is 306 g/mol. The molecule has 122 valence electrons. The van der Waals surface area contributed by atoms with Gasteiger partial charge in [-0.2, -0.15) is 0 Å². The minimum atomic E-state index is 0.877. The second kappa shape index (κ2) is 6.40. The van der Waals surface area contributed by atoms with E-state index < -0.39 is 0 Å². The van der Waals surface area contributed by atoms with E-state index >= 15 is 0 Å². The summed E-state index contributed by atoms with van der Waals surface area (Å²) >= 11 is 0. The summed E-state index contributed by atoms with van der Waals surface area (Å²) in [4.78, 5) is 0. The number of hydrogen-bond donors (Lipinski definition) is 0. The van der Waals surface area contributed by atoms with E-state index in [4.69, 9.17) is 4.74 Å². The van der Waals surface area contributed by atoms with Crippen molar-refractivity contribution in [3.8, 4) is 5.75 Å². The van der Waals surface area contributed by atoms with E-state index in [0.29, 0.717) is 0 Å². The summed E-state index contributed by atoms with van der Waals surface area (Å²) < 4.78 is 8.30. The van der Waals surface area contributed by atoms with Crippen LogP contribution in [0, 0.1) is 6.92 Å². The lowest BCUT2D eigenvalue weighted by atomic mass is 9.97. The molecule has 0 atom stereocenters. The molecule has 0 amide bonds. The van der Waals surface area contributed by atoms with Crippen LogP contribution in [0.3, 0.4) is 0 Å². The van der Waals surface area contributed by atoms with Gasteiger partial charge in [-0.05, 0) is 36.8 Å². The van der Waals surface area contributed by atoms with Gasteiger partial charge in [-0.15, -0.1) is 0 Å². The molecule has 0 fully saturated rings. The molecule has 1 aliphatic rings. The third-order valence-corrected chi connectivity index (χ3v) is 4.41. The number of pyridine rings is 1. The highest BCUT2D eigenvalue weighted by Gasteiger charge is 2.19. The number of rotatable bonds is 2. The highest BCUT2D eigenvalue weighted by atomic mass is 16.5. The van der Waals surface area contributed by atoms with E-state index in [9.17, 15) is 0 Å². The van der Waals surface area contributed by atoms with Crippen LogP contribution in [0.15, 0.2) is 79.0 Å². The Balaban J connectivity index is 1.89. The van der Waals surface area contributed by atoms with Gasteiger partial charge < -0.3 is 4.74 Å². The maximum atomic E-state index is 6.18. The third kappa shape index (κ3) is 3.11. The number of nitrogens with zero attached hydrogens (tertiary/aromatic N) is 1. The first kappa shape index (κ1) is 15.4. The molecule has 0 aliphatic carbocycles. The van der Waals surface area contributed by atoms with Crippen LogP contribution in [-0.2, 0) is 7.05 Å². The van der Waals surface area contributed by atoms with Crippen molar-refractivity contribution in [2.75, 3.05) is 0 Å². The lowest BCUT2D eigenvalue weighted by Crippen LogP contribution is -2.30. The molecule has 2 aromatic carbocycles. The average molecular weight is 326 g/mol. The molecule has 0 saturated heterocycles. The van der Waals surface area contributed by atoms with Crippen molar-refractivity contribution in [2.45, 2.75) is 6.92 Å². The van der Waals surface area contributed by atoms with E-state index in [-0.39, 0.29) is 0 Å². The molecule has 0 saturated carbocycles. The van der Waals surface area contributed by atoms with Gasteiger partial charge in [-0.1, -0.05) is 42.0 Å². The highest BCUT2D eigenvalue weighted by molar-refractivity contribution is 5.95. The van der Waals surface area contributed by atoms with Crippen molar-refractivity contribution in [2.24, 2.45) is 7.05 Å². The predicted molar refractivity (Wildman–Crippen MR) is 102 cm³/mol. The molecular formula is C23H20NO+. The fourth-order valence-corrected chi connectivity index (χ4v) is 3.04. The number of fused-ring (bicyclic) bond motifs is 1. The SMILES string of the molecule is Cc1ccc2c(c1)/C(=C/c1cccc[n+]1C)C=C(c1ccccc1)O2. The van der Waals surface area contributed by atoms with E-state index in [1.807, 2.05) is 24.3 Å². The second-order valence-corrected chi connectivity index (χ2v) is 6.31. The van der Waals surface area contributed by atoms with Crippen LogP contribution in [-0.4, -0.2) is 0 Å². The molecule has 2 heterocycles. The zero-order valence-electron chi connectivity index (χ0n) is 14.4. The first-order valence-electron chi connectivity index (χ1n) is 8.43. The first-order valence-corrected chi connectivity index (χ1v) is 8.43. The quantitative estimate of drug-likeness (QED) is 0.617. The van der Waals surface area contributed by atoms with Crippen LogP contribution in [0.25, 0.3) is 17.4 Å². The van der Waals surface area contributed by atoms with Crippen LogP contribution >= 0.6 is 0 Å².